The normalized spacial score (nSPS) is 20.3. The SMILES string of the molecule is COc1ccc(Cl)c(Cl)c1C1CCN(C(=O)OC(C)(C)C)C(CC(=O)O)C1. The third-order valence-electron chi connectivity index (χ3n) is 4.47. The van der Waals surface area contributed by atoms with Gasteiger partial charge in [-0.2, -0.15) is 0 Å². The molecule has 0 aliphatic carbocycles. The molecule has 1 aromatic carbocycles. The third-order valence-corrected chi connectivity index (χ3v) is 5.29. The van der Waals surface area contributed by atoms with Crippen LogP contribution in [-0.2, 0) is 9.53 Å². The molecule has 0 spiro atoms. The smallest absolute Gasteiger partial charge is 0.410 e. The summed E-state index contributed by atoms with van der Waals surface area (Å²) in [6.45, 7) is 5.70. The van der Waals surface area contributed by atoms with E-state index >= 15 is 0 Å². The standard InChI is InChI=1S/C19H25Cl2NO5/c1-19(2,3)27-18(25)22-8-7-11(9-12(22)10-15(23)24)16-14(26-4)6-5-13(20)17(16)21/h5-6,11-12H,7-10H2,1-4H3,(H,23,24). The number of hydrogen-bond donors (Lipinski definition) is 1. The van der Waals surface area contributed by atoms with Crippen molar-refractivity contribution in [2.75, 3.05) is 13.7 Å². The fourth-order valence-corrected chi connectivity index (χ4v) is 3.85. The number of nitrogens with zero attached hydrogens (tertiary/aromatic N) is 1. The molecule has 1 saturated heterocycles. The Hall–Kier alpha value is -1.66. The van der Waals surface area contributed by atoms with Gasteiger partial charge in [-0.3, -0.25) is 4.79 Å². The number of benzene rings is 1. The molecule has 1 heterocycles. The molecule has 27 heavy (non-hydrogen) atoms. The Morgan fingerprint density at radius 3 is 2.52 bits per heavy atom. The molecule has 1 aromatic rings. The van der Waals surface area contributed by atoms with Crippen molar-refractivity contribution in [3.05, 3.63) is 27.7 Å². The average Bonchev–Trinajstić information content (AvgIpc) is 2.54. The molecule has 6 nitrogen and oxygen atoms in total. The van der Waals surface area contributed by atoms with E-state index in [1.54, 1.807) is 40.0 Å². The molecule has 0 bridgehead atoms. The highest BCUT2D eigenvalue weighted by molar-refractivity contribution is 6.42. The highest BCUT2D eigenvalue weighted by atomic mass is 35.5. The highest BCUT2D eigenvalue weighted by Crippen LogP contribution is 2.44. The van der Waals surface area contributed by atoms with Gasteiger partial charge in [-0.15, -0.1) is 0 Å². The van der Waals surface area contributed by atoms with E-state index in [1.807, 2.05) is 0 Å². The van der Waals surface area contributed by atoms with Crippen molar-refractivity contribution in [2.45, 2.75) is 57.6 Å². The van der Waals surface area contributed by atoms with Crippen LogP contribution < -0.4 is 4.74 Å². The highest BCUT2D eigenvalue weighted by Gasteiger charge is 2.37. The van der Waals surface area contributed by atoms with Crippen LogP contribution in [0.3, 0.4) is 0 Å². The van der Waals surface area contributed by atoms with Crippen LogP contribution in [0.5, 0.6) is 5.75 Å². The summed E-state index contributed by atoms with van der Waals surface area (Å²) in [6.07, 6.45) is 0.362. The van der Waals surface area contributed by atoms with Crippen molar-refractivity contribution in [1.82, 2.24) is 4.90 Å². The van der Waals surface area contributed by atoms with Crippen LogP contribution in [0.1, 0.15) is 51.5 Å². The van der Waals surface area contributed by atoms with Crippen LogP contribution in [0.25, 0.3) is 0 Å². The van der Waals surface area contributed by atoms with E-state index in [2.05, 4.69) is 0 Å². The predicted molar refractivity (Wildman–Crippen MR) is 104 cm³/mol. The number of carboxylic acids is 1. The number of carbonyl (C=O) groups is 2. The van der Waals surface area contributed by atoms with E-state index in [1.165, 1.54) is 4.90 Å². The first kappa shape index (κ1) is 21.6. The zero-order valence-corrected chi connectivity index (χ0v) is 17.4. The summed E-state index contributed by atoms with van der Waals surface area (Å²) in [5.74, 6) is -0.443. The lowest BCUT2D eigenvalue weighted by Crippen LogP contribution is -2.48. The summed E-state index contributed by atoms with van der Waals surface area (Å²) < 4.78 is 10.9. The maximum Gasteiger partial charge on any atom is 0.410 e. The number of hydrogen-bond acceptors (Lipinski definition) is 4. The monoisotopic (exact) mass is 417 g/mol. The first-order valence-corrected chi connectivity index (χ1v) is 9.52. The van der Waals surface area contributed by atoms with Gasteiger partial charge in [-0.25, -0.2) is 4.79 Å². The maximum absolute atomic E-state index is 12.5. The van der Waals surface area contributed by atoms with Crippen LogP contribution in [0.2, 0.25) is 10.0 Å². The van der Waals surface area contributed by atoms with Crippen LogP contribution in [0.15, 0.2) is 12.1 Å². The summed E-state index contributed by atoms with van der Waals surface area (Å²) in [7, 11) is 1.55. The number of amides is 1. The van der Waals surface area contributed by atoms with Gasteiger partial charge < -0.3 is 19.5 Å². The van der Waals surface area contributed by atoms with E-state index in [0.29, 0.717) is 35.2 Å². The fourth-order valence-electron chi connectivity index (χ4n) is 3.38. The van der Waals surface area contributed by atoms with Gasteiger partial charge in [0.1, 0.15) is 11.4 Å². The minimum absolute atomic E-state index is 0.0748. The summed E-state index contributed by atoms with van der Waals surface area (Å²) in [4.78, 5) is 25.4. The van der Waals surface area contributed by atoms with E-state index in [9.17, 15) is 14.7 Å². The number of halogens is 2. The van der Waals surface area contributed by atoms with Crippen molar-refractivity contribution in [1.29, 1.82) is 0 Å². The van der Waals surface area contributed by atoms with Gasteiger partial charge in [0, 0.05) is 18.2 Å². The second-order valence-electron chi connectivity index (χ2n) is 7.62. The summed E-state index contributed by atoms with van der Waals surface area (Å²) in [6, 6.07) is 2.91. The first-order chi connectivity index (χ1) is 12.5. The molecule has 8 heteroatoms. The largest absolute Gasteiger partial charge is 0.496 e. The molecule has 2 unspecified atom stereocenters. The number of ether oxygens (including phenoxy) is 2. The van der Waals surface area contributed by atoms with Gasteiger partial charge in [-0.05, 0) is 51.7 Å². The molecule has 150 valence electrons. The Labute approximate surface area is 169 Å². The number of carbonyl (C=O) groups excluding carboxylic acids is 1. The molecule has 1 aliphatic rings. The van der Waals surface area contributed by atoms with Crippen molar-refractivity contribution < 1.29 is 24.2 Å². The Morgan fingerprint density at radius 1 is 1.30 bits per heavy atom. The second-order valence-corrected chi connectivity index (χ2v) is 8.41. The molecular formula is C19H25Cl2NO5. The van der Waals surface area contributed by atoms with Crippen LogP contribution >= 0.6 is 23.2 Å². The molecule has 0 aromatic heterocycles. The molecule has 1 aliphatic heterocycles. The summed E-state index contributed by atoms with van der Waals surface area (Å²) in [5, 5.41) is 10.1. The lowest BCUT2D eigenvalue weighted by molar-refractivity contribution is -0.138. The Balaban J connectivity index is 2.30. The van der Waals surface area contributed by atoms with Crippen LogP contribution in [0, 0.1) is 0 Å². The van der Waals surface area contributed by atoms with Gasteiger partial charge >= 0.3 is 12.1 Å². The zero-order chi connectivity index (χ0) is 20.4. The second kappa shape index (κ2) is 8.57. The maximum atomic E-state index is 12.5. The van der Waals surface area contributed by atoms with Gasteiger partial charge in [-0.1, -0.05) is 23.2 Å². The average molecular weight is 418 g/mol. The van der Waals surface area contributed by atoms with Gasteiger partial charge in [0.15, 0.2) is 0 Å². The van der Waals surface area contributed by atoms with Crippen molar-refractivity contribution in [2.24, 2.45) is 0 Å². The molecule has 0 radical (unpaired) electrons. The van der Waals surface area contributed by atoms with E-state index < -0.39 is 23.7 Å². The summed E-state index contributed by atoms with van der Waals surface area (Å²) >= 11 is 12.6. The topological polar surface area (TPSA) is 76.1 Å². The number of carboxylic acid groups (broad SMARTS) is 1. The number of methoxy groups -OCH3 is 1. The molecule has 0 saturated carbocycles. The number of piperidine rings is 1. The lowest BCUT2D eigenvalue weighted by atomic mass is 9.84. The summed E-state index contributed by atoms with van der Waals surface area (Å²) in [5.41, 5.74) is 0.104. The minimum Gasteiger partial charge on any atom is -0.496 e. The van der Waals surface area contributed by atoms with Crippen molar-refractivity contribution in [3.8, 4) is 5.75 Å². The van der Waals surface area contributed by atoms with E-state index in [-0.39, 0.29) is 12.3 Å². The van der Waals surface area contributed by atoms with E-state index in [4.69, 9.17) is 32.7 Å². The lowest BCUT2D eigenvalue weighted by Gasteiger charge is -2.40. The van der Waals surface area contributed by atoms with Crippen molar-refractivity contribution in [3.63, 3.8) is 0 Å². The molecule has 2 rings (SSSR count). The van der Waals surface area contributed by atoms with Gasteiger partial charge in [0.05, 0.1) is 23.6 Å². The Kier molecular flexibility index (Phi) is 6.87. The molecule has 1 N–H and O–H groups in total. The quantitative estimate of drug-likeness (QED) is 0.748. The number of rotatable bonds is 4. The molecule has 1 fully saturated rings. The molecule has 2 atom stereocenters. The zero-order valence-electron chi connectivity index (χ0n) is 15.9. The van der Waals surface area contributed by atoms with Crippen LogP contribution in [0.4, 0.5) is 4.79 Å². The predicted octanol–water partition coefficient (Wildman–Crippen LogP) is 4.96. The number of aliphatic carboxylic acids is 1. The van der Waals surface area contributed by atoms with Crippen molar-refractivity contribution >= 4 is 35.3 Å². The minimum atomic E-state index is -0.974. The van der Waals surface area contributed by atoms with Gasteiger partial charge in [0.2, 0.25) is 0 Å². The Morgan fingerprint density at radius 2 is 1.96 bits per heavy atom. The molecule has 1 amide bonds. The Bertz CT molecular complexity index is 717. The molecular weight excluding hydrogens is 393 g/mol. The van der Waals surface area contributed by atoms with Gasteiger partial charge in [0.25, 0.3) is 0 Å². The first-order valence-electron chi connectivity index (χ1n) is 8.76. The fraction of sp³-hybridized carbons (Fsp3) is 0.579. The van der Waals surface area contributed by atoms with E-state index in [0.717, 1.165) is 5.56 Å². The number of likely N-dealkylation sites (tertiary alicyclic amines) is 1. The van der Waals surface area contributed by atoms with Crippen LogP contribution in [-0.4, -0.2) is 47.4 Å². The third kappa shape index (κ3) is 5.42.